The molecule has 2 N–H and O–H groups in total. The fourth-order valence-electron chi connectivity index (χ4n) is 1.48. The molecule has 0 spiro atoms. The SMILES string of the molecule is C/C(Cn1nc(-c2ccc(C)cc2)oc1=O)=N/N. The third-order valence-electron chi connectivity index (χ3n) is 2.50. The highest BCUT2D eigenvalue weighted by molar-refractivity contribution is 5.81. The minimum absolute atomic E-state index is 0.227. The minimum atomic E-state index is -0.520. The Labute approximate surface area is 104 Å². The van der Waals surface area contributed by atoms with E-state index >= 15 is 0 Å². The number of aromatic nitrogens is 2. The second kappa shape index (κ2) is 4.87. The lowest BCUT2D eigenvalue weighted by molar-refractivity contribution is 0.500. The van der Waals surface area contributed by atoms with Crippen LogP contribution in [0.15, 0.2) is 38.6 Å². The molecule has 0 aliphatic carbocycles. The first-order valence-corrected chi connectivity index (χ1v) is 5.48. The highest BCUT2D eigenvalue weighted by Crippen LogP contribution is 2.15. The highest BCUT2D eigenvalue weighted by Gasteiger charge is 2.10. The average Bonchev–Trinajstić information content (AvgIpc) is 2.71. The number of hydrazone groups is 1. The van der Waals surface area contributed by atoms with Crippen LogP contribution in [0.25, 0.3) is 11.5 Å². The van der Waals surface area contributed by atoms with Gasteiger partial charge in [0.15, 0.2) is 0 Å². The zero-order valence-electron chi connectivity index (χ0n) is 10.3. The normalized spacial score (nSPS) is 11.8. The summed E-state index contributed by atoms with van der Waals surface area (Å²) in [4.78, 5) is 11.6. The van der Waals surface area contributed by atoms with Gasteiger partial charge in [0.2, 0.25) is 5.89 Å². The van der Waals surface area contributed by atoms with Crippen LogP contribution in [0.4, 0.5) is 0 Å². The van der Waals surface area contributed by atoms with Crippen LogP contribution in [-0.2, 0) is 6.54 Å². The number of nitrogens with zero attached hydrogens (tertiary/aromatic N) is 3. The van der Waals surface area contributed by atoms with Crippen molar-refractivity contribution in [1.29, 1.82) is 0 Å². The lowest BCUT2D eigenvalue weighted by Gasteiger charge is -1.96. The zero-order chi connectivity index (χ0) is 13.1. The van der Waals surface area contributed by atoms with Crippen LogP contribution in [0.5, 0.6) is 0 Å². The summed E-state index contributed by atoms with van der Waals surface area (Å²) in [6, 6.07) is 7.57. The molecule has 0 fully saturated rings. The van der Waals surface area contributed by atoms with Gasteiger partial charge in [0, 0.05) is 5.56 Å². The number of hydrogen-bond donors (Lipinski definition) is 1. The molecular weight excluding hydrogens is 232 g/mol. The fourth-order valence-corrected chi connectivity index (χ4v) is 1.48. The van der Waals surface area contributed by atoms with Crippen molar-refractivity contribution in [2.75, 3.05) is 0 Å². The molecule has 1 heterocycles. The summed E-state index contributed by atoms with van der Waals surface area (Å²) in [5, 5.41) is 7.59. The second-order valence-electron chi connectivity index (χ2n) is 4.06. The van der Waals surface area contributed by atoms with Gasteiger partial charge in [-0.1, -0.05) is 17.7 Å². The molecule has 2 rings (SSSR count). The van der Waals surface area contributed by atoms with E-state index in [4.69, 9.17) is 10.3 Å². The van der Waals surface area contributed by atoms with Crippen molar-refractivity contribution in [3.05, 3.63) is 40.4 Å². The first-order chi connectivity index (χ1) is 8.60. The molecule has 0 bridgehead atoms. The predicted octanol–water partition coefficient (Wildman–Crippen LogP) is 1.15. The Morgan fingerprint density at radius 3 is 2.72 bits per heavy atom. The molecule has 0 saturated heterocycles. The lowest BCUT2D eigenvalue weighted by atomic mass is 10.1. The number of nitrogens with two attached hydrogens (primary N) is 1. The molecule has 0 amide bonds. The molecular formula is C12H14N4O2. The topological polar surface area (TPSA) is 86.4 Å². The van der Waals surface area contributed by atoms with E-state index in [0.29, 0.717) is 11.6 Å². The van der Waals surface area contributed by atoms with E-state index in [2.05, 4.69) is 10.2 Å². The summed E-state index contributed by atoms with van der Waals surface area (Å²) in [7, 11) is 0. The molecule has 1 aromatic heterocycles. The van der Waals surface area contributed by atoms with E-state index < -0.39 is 5.76 Å². The van der Waals surface area contributed by atoms with Crippen LogP contribution in [0.3, 0.4) is 0 Å². The highest BCUT2D eigenvalue weighted by atomic mass is 16.4. The maximum absolute atomic E-state index is 11.6. The molecule has 1 aromatic carbocycles. The molecule has 6 heteroatoms. The third kappa shape index (κ3) is 2.48. The molecule has 0 radical (unpaired) electrons. The summed E-state index contributed by atoms with van der Waals surface area (Å²) in [6.45, 7) is 3.93. The molecule has 0 unspecified atom stereocenters. The lowest BCUT2D eigenvalue weighted by Crippen LogP contribution is -2.20. The van der Waals surface area contributed by atoms with Crippen molar-refractivity contribution in [2.24, 2.45) is 10.9 Å². The van der Waals surface area contributed by atoms with E-state index in [1.54, 1.807) is 6.92 Å². The fraction of sp³-hybridized carbons (Fsp3) is 0.250. The molecule has 0 atom stereocenters. The van der Waals surface area contributed by atoms with E-state index in [1.807, 2.05) is 31.2 Å². The molecule has 94 valence electrons. The average molecular weight is 246 g/mol. The Hall–Kier alpha value is -2.37. The van der Waals surface area contributed by atoms with Gasteiger partial charge in [-0.05, 0) is 26.0 Å². The Kier molecular flexibility index (Phi) is 3.27. The third-order valence-corrected chi connectivity index (χ3v) is 2.50. The number of aryl methyl sites for hydroxylation is 1. The van der Waals surface area contributed by atoms with Crippen molar-refractivity contribution >= 4 is 5.71 Å². The van der Waals surface area contributed by atoms with E-state index in [9.17, 15) is 4.79 Å². The van der Waals surface area contributed by atoms with Crippen LogP contribution in [0, 0.1) is 6.92 Å². The maximum Gasteiger partial charge on any atom is 0.437 e. The van der Waals surface area contributed by atoms with Gasteiger partial charge in [0.05, 0.1) is 12.3 Å². The summed E-state index contributed by atoms with van der Waals surface area (Å²) in [5.74, 6) is 4.90. The Balaban J connectivity index is 2.34. The van der Waals surface area contributed by atoms with Gasteiger partial charge < -0.3 is 10.3 Å². The maximum atomic E-state index is 11.6. The minimum Gasteiger partial charge on any atom is -0.388 e. The van der Waals surface area contributed by atoms with Crippen LogP contribution in [0.1, 0.15) is 12.5 Å². The predicted molar refractivity (Wildman–Crippen MR) is 68.2 cm³/mol. The summed E-state index contributed by atoms with van der Waals surface area (Å²) in [5.41, 5.74) is 2.49. The summed E-state index contributed by atoms with van der Waals surface area (Å²) >= 11 is 0. The van der Waals surface area contributed by atoms with E-state index in [0.717, 1.165) is 11.1 Å². The van der Waals surface area contributed by atoms with Gasteiger partial charge in [-0.25, -0.2) is 4.79 Å². The van der Waals surface area contributed by atoms with Crippen molar-refractivity contribution in [2.45, 2.75) is 20.4 Å². The van der Waals surface area contributed by atoms with Crippen LogP contribution in [-0.4, -0.2) is 15.5 Å². The Morgan fingerprint density at radius 1 is 1.44 bits per heavy atom. The van der Waals surface area contributed by atoms with E-state index in [-0.39, 0.29) is 6.54 Å². The van der Waals surface area contributed by atoms with Crippen molar-refractivity contribution in [3.63, 3.8) is 0 Å². The van der Waals surface area contributed by atoms with Crippen molar-refractivity contribution in [1.82, 2.24) is 9.78 Å². The first kappa shape index (κ1) is 12.1. The van der Waals surface area contributed by atoms with Crippen molar-refractivity contribution < 1.29 is 4.42 Å². The number of hydrogen-bond acceptors (Lipinski definition) is 5. The quantitative estimate of drug-likeness (QED) is 0.500. The zero-order valence-corrected chi connectivity index (χ0v) is 10.3. The molecule has 18 heavy (non-hydrogen) atoms. The van der Waals surface area contributed by atoms with Gasteiger partial charge in [0.1, 0.15) is 0 Å². The molecule has 2 aromatic rings. The van der Waals surface area contributed by atoms with E-state index in [1.165, 1.54) is 4.68 Å². The first-order valence-electron chi connectivity index (χ1n) is 5.48. The summed E-state index contributed by atoms with van der Waals surface area (Å²) in [6.07, 6.45) is 0. The van der Waals surface area contributed by atoms with Crippen LogP contribution >= 0.6 is 0 Å². The largest absolute Gasteiger partial charge is 0.437 e. The molecule has 0 aliphatic heterocycles. The molecule has 0 saturated carbocycles. The molecule has 0 aliphatic rings. The Bertz CT molecular complexity index is 622. The molecule has 6 nitrogen and oxygen atoms in total. The van der Waals surface area contributed by atoms with Crippen LogP contribution < -0.4 is 11.6 Å². The van der Waals surface area contributed by atoms with Gasteiger partial charge in [0.25, 0.3) is 0 Å². The summed E-state index contributed by atoms with van der Waals surface area (Å²) < 4.78 is 6.28. The van der Waals surface area contributed by atoms with Gasteiger partial charge in [-0.2, -0.15) is 9.78 Å². The van der Waals surface area contributed by atoms with Crippen molar-refractivity contribution in [3.8, 4) is 11.5 Å². The number of rotatable bonds is 3. The standard InChI is InChI=1S/C12H14N4O2/c1-8-3-5-10(6-4-8)11-15-16(12(17)18-11)7-9(2)14-13/h3-6H,7,13H2,1-2H3/b14-9-. The number of benzene rings is 1. The van der Waals surface area contributed by atoms with Gasteiger partial charge >= 0.3 is 5.76 Å². The smallest absolute Gasteiger partial charge is 0.388 e. The van der Waals surface area contributed by atoms with Crippen LogP contribution in [0.2, 0.25) is 0 Å². The Morgan fingerprint density at radius 2 is 2.11 bits per heavy atom. The van der Waals surface area contributed by atoms with Gasteiger partial charge in [-0.15, -0.1) is 5.10 Å². The monoisotopic (exact) mass is 246 g/mol. The second-order valence-corrected chi connectivity index (χ2v) is 4.06. The van der Waals surface area contributed by atoms with Gasteiger partial charge in [-0.3, -0.25) is 0 Å².